The van der Waals surface area contributed by atoms with Crippen molar-refractivity contribution in [3.8, 4) is 0 Å². The number of nitrogens with zero attached hydrogens (tertiary/aromatic N) is 1. The molecule has 2 aliphatic heterocycles. The van der Waals surface area contributed by atoms with Gasteiger partial charge in [-0.1, -0.05) is 6.42 Å². The SMILES string of the molecule is O=C1NC2CSC(CCCCC(=O)OCCCn3cccc3)C2N1. The van der Waals surface area contributed by atoms with Crippen molar-refractivity contribution in [2.45, 2.75) is 56.0 Å². The fourth-order valence-corrected chi connectivity index (χ4v) is 4.83. The van der Waals surface area contributed by atoms with E-state index < -0.39 is 0 Å². The summed E-state index contributed by atoms with van der Waals surface area (Å²) in [5.74, 6) is 0.882. The number of urea groups is 1. The van der Waals surface area contributed by atoms with Crippen molar-refractivity contribution in [3.05, 3.63) is 24.5 Å². The van der Waals surface area contributed by atoms with E-state index in [1.807, 2.05) is 36.3 Å². The van der Waals surface area contributed by atoms with Gasteiger partial charge in [0.1, 0.15) is 0 Å². The zero-order valence-corrected chi connectivity index (χ0v) is 14.6. The summed E-state index contributed by atoms with van der Waals surface area (Å²) < 4.78 is 7.35. The molecule has 3 unspecified atom stereocenters. The van der Waals surface area contributed by atoms with Gasteiger partial charge >= 0.3 is 12.0 Å². The Morgan fingerprint density at radius 2 is 2.08 bits per heavy atom. The van der Waals surface area contributed by atoms with E-state index in [-0.39, 0.29) is 24.1 Å². The number of fused-ring (bicyclic) bond motifs is 1. The predicted molar refractivity (Wildman–Crippen MR) is 94.0 cm³/mol. The number of carbonyl (C=O) groups is 2. The molecule has 0 bridgehead atoms. The van der Waals surface area contributed by atoms with Gasteiger partial charge in [0.25, 0.3) is 0 Å². The van der Waals surface area contributed by atoms with Crippen LogP contribution in [0, 0.1) is 0 Å². The van der Waals surface area contributed by atoms with Crippen LogP contribution in [0.2, 0.25) is 0 Å². The first-order valence-electron chi connectivity index (χ1n) is 8.67. The lowest BCUT2D eigenvalue weighted by Crippen LogP contribution is -2.36. The Hall–Kier alpha value is -1.63. The molecule has 6 nitrogen and oxygen atoms in total. The molecule has 2 fully saturated rings. The molecule has 3 rings (SSSR count). The van der Waals surface area contributed by atoms with Crippen molar-refractivity contribution in [1.29, 1.82) is 0 Å². The van der Waals surface area contributed by atoms with E-state index in [0.717, 1.165) is 38.0 Å². The van der Waals surface area contributed by atoms with Gasteiger partial charge in [-0.15, -0.1) is 0 Å². The first-order chi connectivity index (χ1) is 11.7. The van der Waals surface area contributed by atoms with Crippen molar-refractivity contribution < 1.29 is 14.3 Å². The quantitative estimate of drug-likeness (QED) is 0.406. The van der Waals surface area contributed by atoms with Gasteiger partial charge in [-0.05, 0) is 31.4 Å². The summed E-state index contributed by atoms with van der Waals surface area (Å²) in [4.78, 5) is 23.1. The van der Waals surface area contributed by atoms with Gasteiger partial charge in [0.2, 0.25) is 0 Å². The van der Waals surface area contributed by atoms with E-state index in [9.17, 15) is 9.59 Å². The molecule has 2 aliphatic rings. The van der Waals surface area contributed by atoms with Crippen LogP contribution in [-0.4, -0.2) is 46.3 Å². The van der Waals surface area contributed by atoms with Crippen molar-refractivity contribution in [1.82, 2.24) is 15.2 Å². The molecule has 7 heteroatoms. The third-order valence-corrected chi connectivity index (χ3v) is 6.06. The van der Waals surface area contributed by atoms with Gasteiger partial charge in [0.15, 0.2) is 0 Å². The average Bonchev–Trinajstić information content (AvgIpc) is 3.26. The predicted octanol–water partition coefficient (Wildman–Crippen LogP) is 2.15. The Balaban J connectivity index is 1.22. The number of carbonyl (C=O) groups excluding carboxylic acids is 2. The lowest BCUT2D eigenvalue weighted by atomic mass is 10.0. The number of amides is 2. The number of ether oxygens (including phenoxy) is 1. The highest BCUT2D eigenvalue weighted by molar-refractivity contribution is 8.00. The fraction of sp³-hybridized carbons (Fsp3) is 0.647. The molecule has 24 heavy (non-hydrogen) atoms. The van der Waals surface area contributed by atoms with Crippen molar-refractivity contribution in [2.75, 3.05) is 12.4 Å². The van der Waals surface area contributed by atoms with Gasteiger partial charge in [-0.3, -0.25) is 4.79 Å². The first kappa shape index (κ1) is 17.2. The van der Waals surface area contributed by atoms with Crippen LogP contribution in [0.3, 0.4) is 0 Å². The molecule has 3 atom stereocenters. The van der Waals surface area contributed by atoms with Crippen LogP contribution in [0.5, 0.6) is 0 Å². The number of aryl methyl sites for hydroxylation is 1. The van der Waals surface area contributed by atoms with Crippen LogP contribution in [0.1, 0.15) is 32.1 Å². The maximum atomic E-state index is 11.7. The van der Waals surface area contributed by atoms with Gasteiger partial charge in [0, 0.05) is 36.4 Å². The number of thioether (sulfide) groups is 1. The molecule has 2 N–H and O–H groups in total. The van der Waals surface area contributed by atoms with Crippen molar-refractivity contribution in [3.63, 3.8) is 0 Å². The highest BCUT2D eigenvalue weighted by atomic mass is 32.2. The number of nitrogens with one attached hydrogen (secondary N) is 2. The van der Waals surface area contributed by atoms with E-state index in [4.69, 9.17) is 4.74 Å². The minimum absolute atomic E-state index is 0.0428. The van der Waals surface area contributed by atoms with Crippen LogP contribution >= 0.6 is 11.8 Å². The second-order valence-electron chi connectivity index (χ2n) is 6.36. The number of aromatic nitrogens is 1. The summed E-state index contributed by atoms with van der Waals surface area (Å²) in [6.07, 6.45) is 8.23. The third kappa shape index (κ3) is 4.69. The summed E-state index contributed by atoms with van der Waals surface area (Å²) in [6, 6.07) is 4.47. The summed E-state index contributed by atoms with van der Waals surface area (Å²) >= 11 is 1.92. The number of hydrogen-bond acceptors (Lipinski definition) is 4. The van der Waals surface area contributed by atoms with Gasteiger partial charge < -0.3 is 19.9 Å². The Bertz CT molecular complexity index is 549. The molecule has 132 valence electrons. The van der Waals surface area contributed by atoms with Gasteiger partial charge in [-0.25, -0.2) is 4.79 Å². The van der Waals surface area contributed by atoms with E-state index in [1.165, 1.54) is 0 Å². The Morgan fingerprint density at radius 3 is 2.92 bits per heavy atom. The van der Waals surface area contributed by atoms with Crippen LogP contribution in [0.25, 0.3) is 0 Å². The number of unbranched alkanes of at least 4 members (excludes halogenated alkanes) is 1. The highest BCUT2D eigenvalue weighted by Gasteiger charge is 2.42. The summed E-state index contributed by atoms with van der Waals surface area (Å²) in [5, 5.41) is 6.41. The lowest BCUT2D eigenvalue weighted by Gasteiger charge is -2.16. The zero-order valence-electron chi connectivity index (χ0n) is 13.8. The largest absolute Gasteiger partial charge is 0.466 e. The van der Waals surface area contributed by atoms with E-state index >= 15 is 0 Å². The second-order valence-corrected chi connectivity index (χ2v) is 7.63. The highest BCUT2D eigenvalue weighted by Crippen LogP contribution is 2.33. The Labute approximate surface area is 146 Å². The average molecular weight is 351 g/mol. The van der Waals surface area contributed by atoms with Crippen molar-refractivity contribution in [2.24, 2.45) is 0 Å². The van der Waals surface area contributed by atoms with Crippen molar-refractivity contribution >= 4 is 23.8 Å². The molecular weight excluding hydrogens is 326 g/mol. The standard InChI is InChI=1S/C17H25N3O3S/c21-15(23-11-5-10-20-8-3-4-9-20)7-2-1-6-14-16-13(12-24-14)18-17(22)19-16/h3-4,8-9,13-14,16H,1-2,5-7,10-12H2,(H2,18,19,22). The molecule has 1 aromatic heterocycles. The number of rotatable bonds is 9. The molecule has 2 saturated heterocycles. The molecule has 0 aliphatic carbocycles. The minimum Gasteiger partial charge on any atom is -0.466 e. The van der Waals surface area contributed by atoms with Crippen LogP contribution in [-0.2, 0) is 16.1 Å². The lowest BCUT2D eigenvalue weighted by molar-refractivity contribution is -0.143. The summed E-state index contributed by atoms with van der Waals surface area (Å²) in [5.41, 5.74) is 0. The zero-order chi connectivity index (χ0) is 16.8. The minimum atomic E-state index is -0.102. The summed E-state index contributed by atoms with van der Waals surface area (Å²) in [7, 11) is 0. The number of hydrogen-bond donors (Lipinski definition) is 2. The molecule has 2 amide bonds. The topological polar surface area (TPSA) is 72.4 Å². The van der Waals surface area contributed by atoms with Crippen LogP contribution in [0.15, 0.2) is 24.5 Å². The monoisotopic (exact) mass is 351 g/mol. The molecule has 0 spiro atoms. The van der Waals surface area contributed by atoms with Gasteiger partial charge in [-0.2, -0.15) is 11.8 Å². The summed E-state index contributed by atoms with van der Waals surface area (Å²) in [6.45, 7) is 1.36. The molecule has 1 aromatic rings. The normalized spacial score (nSPS) is 25.2. The molecule has 0 saturated carbocycles. The smallest absolute Gasteiger partial charge is 0.315 e. The Kier molecular flexibility index (Phi) is 6.07. The maximum Gasteiger partial charge on any atom is 0.315 e. The Morgan fingerprint density at radius 1 is 1.25 bits per heavy atom. The number of esters is 1. The third-order valence-electron chi connectivity index (χ3n) is 4.55. The maximum absolute atomic E-state index is 11.7. The first-order valence-corrected chi connectivity index (χ1v) is 9.72. The molecule has 0 radical (unpaired) electrons. The van der Waals surface area contributed by atoms with E-state index in [2.05, 4.69) is 15.2 Å². The molecule has 3 heterocycles. The van der Waals surface area contributed by atoms with E-state index in [0.29, 0.717) is 18.3 Å². The van der Waals surface area contributed by atoms with Crippen LogP contribution in [0.4, 0.5) is 4.79 Å². The fourth-order valence-electron chi connectivity index (χ4n) is 3.28. The van der Waals surface area contributed by atoms with E-state index in [1.54, 1.807) is 0 Å². The van der Waals surface area contributed by atoms with Crippen LogP contribution < -0.4 is 10.6 Å². The van der Waals surface area contributed by atoms with Gasteiger partial charge in [0.05, 0.1) is 18.7 Å². The molecule has 0 aromatic carbocycles. The molecular formula is C17H25N3O3S. The second kappa shape index (κ2) is 8.46.